The molecule has 4 fully saturated rings. The Morgan fingerprint density at radius 3 is 2.16 bits per heavy atom. The van der Waals surface area contributed by atoms with Crippen LogP contribution in [0, 0.1) is 23.6 Å². The minimum Gasteiger partial charge on any atom is -0.484 e. The number of nitrogens with one attached hydrogen (secondary N) is 2. The van der Waals surface area contributed by atoms with Crippen molar-refractivity contribution >= 4 is 11.9 Å². The van der Waals surface area contributed by atoms with Crippen molar-refractivity contribution in [3.63, 3.8) is 0 Å². The highest BCUT2D eigenvalue weighted by Crippen LogP contribution is 2.55. The van der Waals surface area contributed by atoms with Crippen LogP contribution in [0.1, 0.15) is 38.5 Å². The Hall–Kier alpha value is -2.11. The lowest BCUT2D eigenvalue weighted by Gasteiger charge is -2.56. The summed E-state index contributed by atoms with van der Waals surface area (Å²) in [4.78, 5) is 24.2. The molecule has 0 radical (unpaired) electrons. The molecule has 0 spiro atoms. The van der Waals surface area contributed by atoms with Gasteiger partial charge in [0.1, 0.15) is 11.6 Å². The molecular weight excluding hydrogens is 323 g/mol. The van der Waals surface area contributed by atoms with Gasteiger partial charge in [0.15, 0.2) is 6.61 Å². The number of carbonyl (C=O) groups excluding carboxylic acids is 2. The quantitative estimate of drug-likeness (QED) is 0.881. The highest BCUT2D eigenvalue weighted by molar-refractivity contribution is 5.95. The van der Waals surface area contributed by atoms with Crippen molar-refractivity contribution < 1.29 is 18.7 Å². The molecule has 6 heteroatoms. The molecule has 0 unspecified atom stereocenters. The second-order valence-corrected chi connectivity index (χ2v) is 7.94. The third kappa shape index (κ3) is 3.62. The van der Waals surface area contributed by atoms with Gasteiger partial charge in [-0.15, -0.1) is 0 Å². The van der Waals surface area contributed by atoms with E-state index < -0.39 is 11.9 Å². The molecule has 0 heterocycles. The lowest BCUT2D eigenvalue weighted by molar-refractivity contribution is -0.122. The average Bonchev–Trinajstić information content (AvgIpc) is 2.52. The minimum absolute atomic E-state index is 0.128. The number of rotatable bonds is 4. The molecule has 4 aliphatic rings. The first kappa shape index (κ1) is 16.4. The molecule has 4 bridgehead atoms. The molecule has 1 aromatic rings. The summed E-state index contributed by atoms with van der Waals surface area (Å²) in [7, 11) is 0. The van der Waals surface area contributed by atoms with Crippen molar-refractivity contribution in [3.8, 4) is 5.75 Å². The first-order valence-electron chi connectivity index (χ1n) is 9.00. The number of carbonyl (C=O) groups is 2. The minimum atomic E-state index is -0.508. The van der Waals surface area contributed by atoms with Crippen molar-refractivity contribution in [1.29, 1.82) is 0 Å². The van der Waals surface area contributed by atoms with Crippen LogP contribution >= 0.6 is 0 Å². The molecule has 134 valence electrons. The average molecular weight is 346 g/mol. The van der Waals surface area contributed by atoms with E-state index in [-0.39, 0.29) is 18.0 Å². The Morgan fingerprint density at radius 1 is 1.04 bits per heavy atom. The topological polar surface area (TPSA) is 67.4 Å². The summed E-state index contributed by atoms with van der Waals surface area (Å²) in [5, 5.41) is 5.43. The van der Waals surface area contributed by atoms with Gasteiger partial charge < -0.3 is 10.1 Å². The zero-order valence-corrected chi connectivity index (χ0v) is 14.1. The zero-order chi connectivity index (χ0) is 17.4. The summed E-state index contributed by atoms with van der Waals surface area (Å²) in [5.41, 5.74) is -0.128. The van der Waals surface area contributed by atoms with Crippen molar-refractivity contribution in [1.82, 2.24) is 10.6 Å². The van der Waals surface area contributed by atoms with Crippen molar-refractivity contribution in [2.24, 2.45) is 17.8 Å². The molecule has 4 aliphatic carbocycles. The number of hydrogen-bond donors (Lipinski definition) is 2. The fourth-order valence-electron chi connectivity index (χ4n) is 5.38. The first-order chi connectivity index (χ1) is 12.0. The van der Waals surface area contributed by atoms with Gasteiger partial charge in [-0.2, -0.15) is 0 Å². The summed E-state index contributed by atoms with van der Waals surface area (Å²) >= 11 is 0. The van der Waals surface area contributed by atoms with Gasteiger partial charge in [-0.1, -0.05) is 0 Å². The van der Waals surface area contributed by atoms with Gasteiger partial charge in [0.05, 0.1) is 0 Å². The van der Waals surface area contributed by atoms with E-state index in [1.165, 1.54) is 43.5 Å². The Labute approximate surface area is 146 Å². The fraction of sp³-hybridized carbons (Fsp3) is 0.579. The number of imide groups is 1. The van der Waals surface area contributed by atoms with Crippen LogP contribution in [0.5, 0.6) is 5.75 Å². The number of ether oxygens (including phenoxy) is 1. The molecule has 0 saturated heterocycles. The molecule has 2 N–H and O–H groups in total. The van der Waals surface area contributed by atoms with Crippen molar-refractivity contribution in [3.05, 3.63) is 30.1 Å². The number of urea groups is 1. The molecule has 1 aromatic carbocycles. The van der Waals surface area contributed by atoms with Crippen LogP contribution in [0.3, 0.4) is 0 Å². The maximum Gasteiger partial charge on any atom is 0.321 e. The smallest absolute Gasteiger partial charge is 0.321 e. The Bertz CT molecular complexity index is 638. The van der Waals surface area contributed by atoms with Crippen molar-refractivity contribution in [2.75, 3.05) is 6.61 Å². The molecule has 0 atom stereocenters. The maximum absolute atomic E-state index is 12.8. The molecule has 5 nitrogen and oxygen atoms in total. The molecule has 3 amide bonds. The predicted molar refractivity (Wildman–Crippen MR) is 89.5 cm³/mol. The second kappa shape index (κ2) is 6.32. The number of hydrogen-bond acceptors (Lipinski definition) is 3. The van der Waals surface area contributed by atoms with Gasteiger partial charge in [0.25, 0.3) is 5.91 Å². The summed E-state index contributed by atoms with van der Waals surface area (Å²) < 4.78 is 18.1. The molecule has 25 heavy (non-hydrogen) atoms. The van der Waals surface area contributed by atoms with E-state index in [0.717, 1.165) is 37.0 Å². The third-order valence-corrected chi connectivity index (χ3v) is 5.85. The summed E-state index contributed by atoms with van der Waals surface area (Å²) in [5.74, 6) is 1.69. The van der Waals surface area contributed by atoms with Gasteiger partial charge in [-0.05, 0) is 80.5 Å². The summed E-state index contributed by atoms with van der Waals surface area (Å²) in [6, 6.07) is 4.96. The van der Waals surface area contributed by atoms with E-state index >= 15 is 0 Å². The number of benzene rings is 1. The van der Waals surface area contributed by atoms with Crippen LogP contribution < -0.4 is 15.4 Å². The SMILES string of the molecule is O=C(COc1ccc(F)cc1)NC(=O)NC12CC3CC(CC(C3)C1)C2. The fourth-order valence-corrected chi connectivity index (χ4v) is 5.38. The van der Waals surface area contributed by atoms with Crippen LogP contribution in [-0.2, 0) is 4.79 Å². The molecule has 5 rings (SSSR count). The van der Waals surface area contributed by atoms with E-state index in [4.69, 9.17) is 4.74 Å². The summed E-state index contributed by atoms with van der Waals surface area (Å²) in [6.07, 6.45) is 7.00. The van der Waals surface area contributed by atoms with Crippen LogP contribution in [-0.4, -0.2) is 24.1 Å². The largest absolute Gasteiger partial charge is 0.484 e. The van der Waals surface area contributed by atoms with Gasteiger partial charge in [-0.25, -0.2) is 9.18 Å². The van der Waals surface area contributed by atoms with E-state index in [2.05, 4.69) is 10.6 Å². The zero-order valence-electron chi connectivity index (χ0n) is 14.1. The van der Waals surface area contributed by atoms with Gasteiger partial charge >= 0.3 is 6.03 Å². The lowest BCUT2D eigenvalue weighted by atomic mass is 9.53. The summed E-state index contributed by atoms with van der Waals surface area (Å²) in [6.45, 7) is -0.278. The molecule has 0 aliphatic heterocycles. The predicted octanol–water partition coefficient (Wildman–Crippen LogP) is 3.00. The van der Waals surface area contributed by atoms with Gasteiger partial charge in [-0.3, -0.25) is 10.1 Å². The Morgan fingerprint density at radius 2 is 1.60 bits per heavy atom. The van der Waals surface area contributed by atoms with E-state index in [0.29, 0.717) is 5.75 Å². The normalized spacial score (nSPS) is 32.3. The van der Waals surface area contributed by atoms with Crippen molar-refractivity contribution in [2.45, 2.75) is 44.1 Å². The van der Waals surface area contributed by atoms with Gasteiger partial charge in [0, 0.05) is 5.54 Å². The third-order valence-electron chi connectivity index (χ3n) is 5.85. The highest BCUT2D eigenvalue weighted by atomic mass is 19.1. The van der Waals surface area contributed by atoms with Crippen LogP contribution in [0.15, 0.2) is 24.3 Å². The molecule has 0 aromatic heterocycles. The van der Waals surface area contributed by atoms with Crippen LogP contribution in [0.4, 0.5) is 9.18 Å². The van der Waals surface area contributed by atoms with E-state index in [1.807, 2.05) is 0 Å². The highest BCUT2D eigenvalue weighted by Gasteiger charge is 2.51. The van der Waals surface area contributed by atoms with Gasteiger partial charge in [0.2, 0.25) is 0 Å². The number of halogens is 1. The van der Waals surface area contributed by atoms with Crippen LogP contribution in [0.2, 0.25) is 0 Å². The first-order valence-corrected chi connectivity index (χ1v) is 9.00. The monoisotopic (exact) mass is 346 g/mol. The lowest BCUT2D eigenvalue weighted by Crippen LogP contribution is -2.62. The Balaban J connectivity index is 1.27. The van der Waals surface area contributed by atoms with Crippen LogP contribution in [0.25, 0.3) is 0 Å². The maximum atomic E-state index is 12.8. The number of amides is 3. The molecule has 4 saturated carbocycles. The Kier molecular flexibility index (Phi) is 4.13. The molecular formula is C19H23FN2O3. The van der Waals surface area contributed by atoms with E-state index in [1.54, 1.807) is 0 Å². The second-order valence-electron chi connectivity index (χ2n) is 7.94. The van der Waals surface area contributed by atoms with E-state index in [9.17, 15) is 14.0 Å². The standard InChI is InChI=1S/C19H23FN2O3/c20-15-1-3-16(4-2-15)25-11-17(23)21-18(24)22-19-8-12-5-13(9-19)7-14(6-12)10-19/h1-4,12-14H,5-11H2,(H2,21,22,23,24).